The Morgan fingerprint density at radius 1 is 1.29 bits per heavy atom. The minimum absolute atomic E-state index is 0.0584. The molecule has 0 unspecified atom stereocenters. The minimum atomic E-state index is -1.04. The third kappa shape index (κ3) is 1.89. The van der Waals surface area contributed by atoms with Crippen LogP contribution >= 0.6 is 0 Å². The smallest absolute Gasteiger partial charge is 0.302 e. The van der Waals surface area contributed by atoms with Gasteiger partial charge in [-0.05, 0) is 24.6 Å². The maximum Gasteiger partial charge on any atom is 0.302 e. The van der Waals surface area contributed by atoms with Crippen LogP contribution in [0.25, 0.3) is 0 Å². The Labute approximate surface area is 139 Å². The number of benzene rings is 1. The number of hydrogen-bond acceptors (Lipinski definition) is 5. The largest absolute Gasteiger partial charge is 0.462 e. The van der Waals surface area contributed by atoms with E-state index < -0.39 is 29.5 Å². The number of para-hydroxylation sites is 1. The Bertz CT molecular complexity index is 785. The van der Waals surface area contributed by atoms with Crippen molar-refractivity contribution in [1.82, 2.24) is 0 Å². The summed E-state index contributed by atoms with van der Waals surface area (Å²) in [4.78, 5) is 38.4. The van der Waals surface area contributed by atoms with Gasteiger partial charge in [0, 0.05) is 6.92 Å². The molecule has 3 heterocycles. The highest BCUT2D eigenvalue weighted by Crippen LogP contribution is 2.52. The van der Waals surface area contributed by atoms with Gasteiger partial charge in [0.1, 0.15) is 12.2 Å². The number of carbonyl (C=O) groups excluding carboxylic acids is 3. The predicted octanol–water partition coefficient (Wildman–Crippen LogP) is 1.37. The van der Waals surface area contributed by atoms with Crippen LogP contribution in [0, 0.1) is 18.8 Å². The van der Waals surface area contributed by atoms with Crippen molar-refractivity contribution in [3.8, 4) is 0 Å². The molecule has 2 saturated heterocycles. The zero-order valence-corrected chi connectivity index (χ0v) is 13.4. The molecule has 4 rings (SSSR count). The molecule has 0 N–H and O–H groups in total. The molecule has 6 nitrogen and oxygen atoms in total. The van der Waals surface area contributed by atoms with Crippen LogP contribution in [0.3, 0.4) is 0 Å². The van der Waals surface area contributed by atoms with Crippen molar-refractivity contribution in [1.29, 1.82) is 0 Å². The molecule has 1 aromatic carbocycles. The fraction of sp³-hybridized carbons (Fsp3) is 0.389. The molecule has 4 atom stereocenters. The van der Waals surface area contributed by atoms with Gasteiger partial charge in [-0.15, -0.1) is 0 Å². The van der Waals surface area contributed by atoms with Crippen molar-refractivity contribution in [2.45, 2.75) is 25.6 Å². The van der Waals surface area contributed by atoms with Gasteiger partial charge in [-0.2, -0.15) is 0 Å². The summed E-state index contributed by atoms with van der Waals surface area (Å²) in [6.45, 7) is 3.11. The molecule has 24 heavy (non-hydrogen) atoms. The Kier molecular flexibility index (Phi) is 3.15. The number of imide groups is 1. The second-order valence-electron chi connectivity index (χ2n) is 6.48. The number of fused-ring (bicyclic) bond motifs is 5. The fourth-order valence-electron chi connectivity index (χ4n) is 3.93. The molecule has 0 aliphatic carbocycles. The number of anilines is 1. The first-order valence-corrected chi connectivity index (χ1v) is 7.88. The van der Waals surface area contributed by atoms with E-state index in [1.165, 1.54) is 11.8 Å². The first kappa shape index (κ1) is 15.1. The van der Waals surface area contributed by atoms with Gasteiger partial charge in [0.15, 0.2) is 0 Å². The molecule has 0 radical (unpaired) electrons. The van der Waals surface area contributed by atoms with Gasteiger partial charge in [0.25, 0.3) is 0 Å². The van der Waals surface area contributed by atoms with Gasteiger partial charge >= 0.3 is 5.97 Å². The highest BCUT2D eigenvalue weighted by Gasteiger charge is 2.68. The zero-order valence-electron chi connectivity index (χ0n) is 13.4. The fourth-order valence-corrected chi connectivity index (χ4v) is 3.93. The maximum absolute atomic E-state index is 13.0. The molecule has 3 aliphatic heterocycles. The van der Waals surface area contributed by atoms with Crippen LogP contribution in [-0.2, 0) is 23.9 Å². The Hall–Kier alpha value is -2.47. The lowest BCUT2D eigenvalue weighted by Crippen LogP contribution is -2.44. The predicted molar refractivity (Wildman–Crippen MR) is 84.0 cm³/mol. The maximum atomic E-state index is 13.0. The van der Waals surface area contributed by atoms with E-state index in [9.17, 15) is 14.4 Å². The molecule has 124 valence electrons. The summed E-state index contributed by atoms with van der Waals surface area (Å²) in [5, 5.41) is 0. The number of amides is 2. The average molecular weight is 327 g/mol. The Balaban J connectivity index is 1.72. The van der Waals surface area contributed by atoms with E-state index in [1.807, 2.05) is 19.1 Å². The average Bonchev–Trinajstić information content (AvgIpc) is 3.18. The summed E-state index contributed by atoms with van der Waals surface area (Å²) >= 11 is 0. The van der Waals surface area contributed by atoms with Gasteiger partial charge in [0.05, 0.1) is 23.6 Å². The van der Waals surface area contributed by atoms with Crippen LogP contribution in [0.1, 0.15) is 12.5 Å². The van der Waals surface area contributed by atoms with Crippen LogP contribution < -0.4 is 4.90 Å². The van der Waals surface area contributed by atoms with Crippen molar-refractivity contribution >= 4 is 23.5 Å². The van der Waals surface area contributed by atoms with Gasteiger partial charge in [-0.3, -0.25) is 14.4 Å². The molecule has 2 amide bonds. The van der Waals surface area contributed by atoms with Gasteiger partial charge < -0.3 is 9.47 Å². The number of rotatable bonds is 3. The summed E-state index contributed by atoms with van der Waals surface area (Å²) in [6.07, 6.45) is 3.10. The Morgan fingerprint density at radius 2 is 2.04 bits per heavy atom. The highest BCUT2D eigenvalue weighted by atomic mass is 16.6. The lowest BCUT2D eigenvalue weighted by atomic mass is 9.77. The van der Waals surface area contributed by atoms with Crippen LogP contribution in [0.4, 0.5) is 5.69 Å². The van der Waals surface area contributed by atoms with E-state index in [2.05, 4.69) is 0 Å². The third-order valence-corrected chi connectivity index (χ3v) is 5.01. The van der Waals surface area contributed by atoms with Crippen molar-refractivity contribution in [2.24, 2.45) is 11.8 Å². The second-order valence-corrected chi connectivity index (χ2v) is 6.48. The number of aryl methyl sites for hydroxylation is 1. The van der Waals surface area contributed by atoms with Gasteiger partial charge in [-0.25, -0.2) is 4.90 Å². The molecule has 2 fully saturated rings. The standard InChI is InChI=1S/C18H17NO5/c1-10-5-3-4-6-12(10)19-16(21)14-13-7-8-18(24-13,9-23-11(2)20)15(14)17(19)22/h3-8,13-15H,9H2,1-2H3/t13-,14-,15-,18-/m1/s1. The summed E-state index contributed by atoms with van der Waals surface area (Å²) in [7, 11) is 0. The highest BCUT2D eigenvalue weighted by molar-refractivity contribution is 6.23. The molecular formula is C18H17NO5. The lowest BCUT2D eigenvalue weighted by molar-refractivity contribution is -0.150. The summed E-state index contributed by atoms with van der Waals surface area (Å²) in [5.41, 5.74) is 0.420. The number of ether oxygens (including phenoxy) is 2. The first-order valence-electron chi connectivity index (χ1n) is 7.88. The third-order valence-electron chi connectivity index (χ3n) is 5.01. The SMILES string of the molecule is CC(=O)OC[C@@]12C=C[C@@H](O1)[C@H]1C(=O)N(c3ccccc3C)C(=O)[C@@H]12. The van der Waals surface area contributed by atoms with E-state index in [-0.39, 0.29) is 18.4 Å². The normalized spacial score (nSPS) is 33.2. The van der Waals surface area contributed by atoms with E-state index in [0.717, 1.165) is 5.56 Å². The monoisotopic (exact) mass is 327 g/mol. The van der Waals surface area contributed by atoms with E-state index in [0.29, 0.717) is 5.69 Å². The van der Waals surface area contributed by atoms with E-state index >= 15 is 0 Å². The molecule has 0 saturated carbocycles. The molecule has 1 aromatic rings. The molecule has 0 spiro atoms. The molecule has 2 bridgehead atoms. The molecule has 6 heteroatoms. The molecular weight excluding hydrogens is 310 g/mol. The molecule has 3 aliphatic rings. The lowest BCUT2D eigenvalue weighted by Gasteiger charge is -2.28. The van der Waals surface area contributed by atoms with Crippen LogP contribution in [0.5, 0.6) is 0 Å². The number of nitrogens with zero attached hydrogens (tertiary/aromatic N) is 1. The first-order chi connectivity index (χ1) is 11.4. The minimum Gasteiger partial charge on any atom is -0.462 e. The van der Waals surface area contributed by atoms with Crippen LogP contribution in [0.15, 0.2) is 36.4 Å². The Morgan fingerprint density at radius 3 is 2.75 bits per heavy atom. The number of esters is 1. The van der Waals surface area contributed by atoms with Crippen LogP contribution in [-0.4, -0.2) is 36.1 Å². The summed E-state index contributed by atoms with van der Waals surface area (Å²) in [5.74, 6) is -2.20. The van der Waals surface area contributed by atoms with Crippen molar-refractivity contribution < 1.29 is 23.9 Å². The summed E-state index contributed by atoms with van der Waals surface area (Å²) < 4.78 is 11.0. The van der Waals surface area contributed by atoms with Crippen molar-refractivity contribution in [3.05, 3.63) is 42.0 Å². The number of carbonyl (C=O) groups is 3. The summed E-state index contributed by atoms with van der Waals surface area (Å²) in [6, 6.07) is 7.29. The van der Waals surface area contributed by atoms with Crippen molar-refractivity contribution in [2.75, 3.05) is 11.5 Å². The van der Waals surface area contributed by atoms with E-state index in [1.54, 1.807) is 24.3 Å². The topological polar surface area (TPSA) is 72.9 Å². The number of hydrogen-bond donors (Lipinski definition) is 0. The quantitative estimate of drug-likeness (QED) is 0.476. The molecule has 0 aromatic heterocycles. The van der Waals surface area contributed by atoms with E-state index in [4.69, 9.17) is 9.47 Å². The van der Waals surface area contributed by atoms with Gasteiger partial charge in [0.2, 0.25) is 11.8 Å². The second kappa shape index (κ2) is 5.01. The van der Waals surface area contributed by atoms with Crippen molar-refractivity contribution in [3.63, 3.8) is 0 Å². The van der Waals surface area contributed by atoms with Crippen LogP contribution in [0.2, 0.25) is 0 Å². The van der Waals surface area contributed by atoms with Gasteiger partial charge in [-0.1, -0.05) is 24.3 Å². The zero-order chi connectivity index (χ0) is 17.1.